The Balaban J connectivity index is 4.47. The fourth-order valence-corrected chi connectivity index (χ4v) is 8.57. The van der Waals surface area contributed by atoms with Crippen LogP contribution in [-0.4, -0.2) is 37.2 Å². The predicted molar refractivity (Wildman–Crippen MR) is 343 cm³/mol. The second kappa shape index (κ2) is 65.8. The van der Waals surface area contributed by atoms with Crippen molar-refractivity contribution >= 4 is 17.9 Å². The highest BCUT2D eigenvalue weighted by molar-refractivity contribution is 5.71. The van der Waals surface area contributed by atoms with E-state index in [-0.39, 0.29) is 37.5 Å². The first-order valence-electron chi connectivity index (χ1n) is 32.3. The second-order valence-corrected chi connectivity index (χ2v) is 20.9. The Morgan fingerprint density at radius 3 is 0.785 bits per heavy atom. The molecule has 0 fully saturated rings. The van der Waals surface area contributed by atoms with Crippen molar-refractivity contribution in [1.29, 1.82) is 0 Å². The molecule has 0 saturated carbocycles. The molecule has 0 aliphatic rings. The molecule has 0 rings (SSSR count). The fraction of sp³-hybridized carbons (Fsp3) is 0.630. The molecule has 0 N–H and O–H groups in total. The van der Waals surface area contributed by atoms with E-state index in [1.165, 1.54) is 77.0 Å². The second-order valence-electron chi connectivity index (χ2n) is 20.9. The molecule has 79 heavy (non-hydrogen) atoms. The SMILES string of the molecule is CC/C=C\C/C=C\C/C=C\C/C=C\C/C=C\C/C=C\C/C=C\CCCCCCCC(=O)OCC(COC(=O)CCCCCCCCCCCCCCCCC)OC(=O)CCCCC/C=C\C/C=C\C/C=C\C/C=C\C/C=C\CC. The molecule has 446 valence electrons. The highest BCUT2D eigenvalue weighted by atomic mass is 16.6. The summed E-state index contributed by atoms with van der Waals surface area (Å²) in [6.07, 6.45) is 94.2. The van der Waals surface area contributed by atoms with E-state index in [0.717, 1.165) is 161 Å². The van der Waals surface area contributed by atoms with Gasteiger partial charge in [-0.25, -0.2) is 0 Å². The van der Waals surface area contributed by atoms with Crippen LogP contribution in [0.5, 0.6) is 0 Å². The lowest BCUT2D eigenvalue weighted by Crippen LogP contribution is -2.30. The molecule has 0 aliphatic heterocycles. The molecular formula is C73H118O6. The summed E-state index contributed by atoms with van der Waals surface area (Å²) in [5.74, 6) is -0.951. The van der Waals surface area contributed by atoms with E-state index in [1.807, 2.05) is 0 Å². The first-order valence-corrected chi connectivity index (χ1v) is 32.3. The van der Waals surface area contributed by atoms with Crippen molar-refractivity contribution in [3.8, 4) is 0 Å². The van der Waals surface area contributed by atoms with Crippen LogP contribution in [0, 0.1) is 0 Å². The molecule has 0 spiro atoms. The van der Waals surface area contributed by atoms with Crippen LogP contribution < -0.4 is 0 Å². The third-order valence-corrected chi connectivity index (χ3v) is 13.3. The van der Waals surface area contributed by atoms with Crippen LogP contribution >= 0.6 is 0 Å². The first kappa shape index (κ1) is 74.3. The summed E-state index contributed by atoms with van der Waals surface area (Å²) in [5.41, 5.74) is 0. The van der Waals surface area contributed by atoms with E-state index in [0.29, 0.717) is 12.8 Å². The van der Waals surface area contributed by atoms with Gasteiger partial charge in [-0.15, -0.1) is 0 Å². The van der Waals surface area contributed by atoms with Crippen LogP contribution in [0.4, 0.5) is 0 Å². The lowest BCUT2D eigenvalue weighted by atomic mass is 10.0. The standard InChI is InChI=1S/C73H118O6/c1-4-7-10-13-16-19-22-25-28-30-32-33-34-35-36-37-38-39-41-42-45-48-51-54-57-60-63-66-72(75)78-69-70(68-77-71(74)65-62-59-56-53-50-47-44-27-24-21-18-15-12-9-6-3)79-73(76)67-64-61-58-55-52-49-46-43-40-31-29-26-23-20-17-14-11-8-5-2/h7-8,10-11,16-17,19-20,25-26,28-29,32-33,35-36,38-40,42-43,45,49,52,70H,4-6,9,12-15,18,21-24,27,30-31,34,37,41,44,46-48,50-51,53-69H2,1-3H3/b10-7-,11-8-,19-16-,20-17-,28-25-,29-26-,33-32-,36-35-,39-38-,43-40-,45-42-,52-49-. The molecule has 0 saturated heterocycles. The number of ether oxygens (including phenoxy) is 3. The van der Waals surface area contributed by atoms with Crippen molar-refractivity contribution < 1.29 is 28.6 Å². The smallest absolute Gasteiger partial charge is 0.306 e. The van der Waals surface area contributed by atoms with Gasteiger partial charge >= 0.3 is 17.9 Å². The molecule has 1 atom stereocenters. The summed E-state index contributed by atoms with van der Waals surface area (Å²) in [4.78, 5) is 38.3. The third kappa shape index (κ3) is 64.0. The van der Waals surface area contributed by atoms with Gasteiger partial charge in [0.05, 0.1) is 0 Å². The van der Waals surface area contributed by atoms with Crippen LogP contribution in [0.2, 0.25) is 0 Å². The van der Waals surface area contributed by atoms with E-state index in [1.54, 1.807) is 0 Å². The molecule has 0 heterocycles. The molecule has 0 amide bonds. The highest BCUT2D eigenvalue weighted by Crippen LogP contribution is 2.15. The van der Waals surface area contributed by atoms with Gasteiger partial charge in [0.15, 0.2) is 6.10 Å². The van der Waals surface area contributed by atoms with Crippen molar-refractivity contribution in [3.05, 3.63) is 146 Å². The minimum absolute atomic E-state index is 0.101. The largest absolute Gasteiger partial charge is 0.462 e. The van der Waals surface area contributed by atoms with Crippen LogP contribution in [0.3, 0.4) is 0 Å². The van der Waals surface area contributed by atoms with Gasteiger partial charge in [-0.3, -0.25) is 14.4 Å². The summed E-state index contributed by atoms with van der Waals surface area (Å²) < 4.78 is 16.9. The van der Waals surface area contributed by atoms with Crippen LogP contribution in [0.15, 0.2) is 146 Å². The number of rotatable bonds is 57. The Bertz CT molecular complexity index is 1730. The molecule has 0 aromatic rings. The molecule has 6 heteroatoms. The summed E-state index contributed by atoms with van der Waals surface area (Å²) in [6.45, 7) is 6.38. The summed E-state index contributed by atoms with van der Waals surface area (Å²) in [7, 11) is 0. The maximum absolute atomic E-state index is 12.9. The lowest BCUT2D eigenvalue weighted by molar-refractivity contribution is -0.167. The summed E-state index contributed by atoms with van der Waals surface area (Å²) in [6, 6.07) is 0. The number of hydrogen-bond acceptors (Lipinski definition) is 6. The minimum Gasteiger partial charge on any atom is -0.462 e. The van der Waals surface area contributed by atoms with Crippen molar-refractivity contribution in [2.24, 2.45) is 0 Å². The van der Waals surface area contributed by atoms with Crippen molar-refractivity contribution in [1.82, 2.24) is 0 Å². The number of carbonyl (C=O) groups is 3. The minimum atomic E-state index is -0.810. The molecule has 6 nitrogen and oxygen atoms in total. The number of unbranched alkanes of at least 4 members (excludes halogenated alkanes) is 22. The normalized spacial score (nSPS) is 13.1. The third-order valence-electron chi connectivity index (χ3n) is 13.3. The molecular weight excluding hydrogens is 973 g/mol. The number of hydrogen-bond donors (Lipinski definition) is 0. The van der Waals surface area contributed by atoms with Crippen molar-refractivity contribution in [3.63, 3.8) is 0 Å². The predicted octanol–water partition coefficient (Wildman–Crippen LogP) is 22.3. The monoisotopic (exact) mass is 1090 g/mol. The maximum atomic E-state index is 12.9. The molecule has 0 aromatic heterocycles. The molecule has 0 aromatic carbocycles. The van der Waals surface area contributed by atoms with Gasteiger partial charge in [0.1, 0.15) is 13.2 Å². The van der Waals surface area contributed by atoms with Gasteiger partial charge in [0.25, 0.3) is 0 Å². The van der Waals surface area contributed by atoms with Gasteiger partial charge < -0.3 is 14.2 Å². The van der Waals surface area contributed by atoms with Crippen molar-refractivity contribution in [2.75, 3.05) is 13.2 Å². The Kier molecular flexibility index (Phi) is 61.9. The molecule has 1 unspecified atom stereocenters. The van der Waals surface area contributed by atoms with Crippen molar-refractivity contribution in [2.45, 2.75) is 284 Å². The Labute approximate surface area is 487 Å². The fourth-order valence-electron chi connectivity index (χ4n) is 8.57. The Morgan fingerprint density at radius 1 is 0.266 bits per heavy atom. The van der Waals surface area contributed by atoms with Crippen LogP contribution in [0.1, 0.15) is 278 Å². The number of esters is 3. The molecule has 0 aliphatic carbocycles. The zero-order valence-electron chi connectivity index (χ0n) is 51.1. The highest BCUT2D eigenvalue weighted by Gasteiger charge is 2.19. The zero-order chi connectivity index (χ0) is 57.1. The topological polar surface area (TPSA) is 78.9 Å². The molecule has 0 radical (unpaired) electrons. The van der Waals surface area contributed by atoms with E-state index in [9.17, 15) is 14.4 Å². The van der Waals surface area contributed by atoms with Crippen LogP contribution in [-0.2, 0) is 28.6 Å². The van der Waals surface area contributed by atoms with Gasteiger partial charge in [0.2, 0.25) is 0 Å². The average molecular weight is 1090 g/mol. The van der Waals surface area contributed by atoms with Gasteiger partial charge in [-0.2, -0.15) is 0 Å². The quantitative estimate of drug-likeness (QED) is 0.0261. The first-order chi connectivity index (χ1) is 39.0. The van der Waals surface area contributed by atoms with Gasteiger partial charge in [-0.05, 0) is 122 Å². The summed E-state index contributed by atoms with van der Waals surface area (Å²) >= 11 is 0. The maximum Gasteiger partial charge on any atom is 0.306 e. The Hall–Kier alpha value is -4.71. The lowest BCUT2D eigenvalue weighted by Gasteiger charge is -2.18. The molecule has 0 bridgehead atoms. The number of allylic oxidation sites excluding steroid dienone is 24. The van der Waals surface area contributed by atoms with E-state index < -0.39 is 6.10 Å². The van der Waals surface area contributed by atoms with Crippen LogP contribution in [0.25, 0.3) is 0 Å². The summed E-state index contributed by atoms with van der Waals surface area (Å²) in [5, 5.41) is 0. The van der Waals surface area contributed by atoms with E-state index >= 15 is 0 Å². The number of carbonyl (C=O) groups excluding carboxylic acids is 3. The zero-order valence-corrected chi connectivity index (χ0v) is 51.1. The average Bonchev–Trinajstić information content (AvgIpc) is 3.45. The van der Waals surface area contributed by atoms with Gasteiger partial charge in [-0.1, -0.05) is 282 Å². The van der Waals surface area contributed by atoms with Gasteiger partial charge in [0, 0.05) is 19.3 Å². The Morgan fingerprint density at radius 2 is 0.494 bits per heavy atom. The van der Waals surface area contributed by atoms with E-state index in [4.69, 9.17) is 14.2 Å². The van der Waals surface area contributed by atoms with E-state index in [2.05, 4.69) is 167 Å².